The predicted molar refractivity (Wildman–Crippen MR) is 87.6 cm³/mol. The van der Waals surface area contributed by atoms with Gasteiger partial charge >= 0.3 is 0 Å². The topological polar surface area (TPSA) is 49.3 Å². The Hall–Kier alpha value is -1.78. The number of hydrogen-bond acceptors (Lipinski definition) is 4. The Labute approximate surface area is 131 Å². The highest BCUT2D eigenvalue weighted by atomic mass is 16.3. The summed E-state index contributed by atoms with van der Waals surface area (Å²) in [7, 11) is 2.16. The van der Waals surface area contributed by atoms with Gasteiger partial charge in [0.05, 0.1) is 12.3 Å². The number of aliphatic hydroxyl groups excluding tert-OH is 1. The lowest BCUT2D eigenvalue weighted by molar-refractivity contribution is 0.246. The summed E-state index contributed by atoms with van der Waals surface area (Å²) >= 11 is 0. The number of piperidine rings is 1. The van der Waals surface area contributed by atoms with E-state index in [0.717, 1.165) is 47.8 Å². The van der Waals surface area contributed by atoms with Gasteiger partial charge in [0.1, 0.15) is 5.82 Å². The molecule has 0 spiro atoms. The number of benzene rings is 1. The molecule has 2 heterocycles. The van der Waals surface area contributed by atoms with Crippen molar-refractivity contribution in [1.82, 2.24) is 14.9 Å². The first-order valence-electron chi connectivity index (χ1n) is 7.90. The molecule has 1 fully saturated rings. The number of nitrogens with zero attached hydrogens (tertiary/aromatic N) is 3. The van der Waals surface area contributed by atoms with Crippen LogP contribution in [0.25, 0.3) is 11.3 Å². The van der Waals surface area contributed by atoms with Gasteiger partial charge in [0.2, 0.25) is 0 Å². The maximum atomic E-state index is 9.15. The van der Waals surface area contributed by atoms with E-state index in [1.807, 2.05) is 37.3 Å². The molecule has 22 heavy (non-hydrogen) atoms. The Bertz CT molecular complexity index is 639. The lowest BCUT2D eigenvalue weighted by atomic mass is 9.97. The number of aliphatic hydroxyl groups is 1. The highest BCUT2D eigenvalue weighted by molar-refractivity contribution is 5.59. The molecule has 1 unspecified atom stereocenters. The molecular weight excluding hydrogens is 274 g/mol. The number of hydrogen-bond donors (Lipinski definition) is 1. The first-order chi connectivity index (χ1) is 10.7. The van der Waals surface area contributed by atoms with Gasteiger partial charge in [-0.15, -0.1) is 0 Å². The van der Waals surface area contributed by atoms with Crippen LogP contribution in [0, 0.1) is 6.92 Å². The zero-order valence-corrected chi connectivity index (χ0v) is 13.3. The van der Waals surface area contributed by atoms with Crippen molar-refractivity contribution in [1.29, 1.82) is 0 Å². The smallest absolute Gasteiger partial charge is 0.133 e. The molecule has 2 aromatic rings. The molecule has 1 aliphatic heterocycles. The van der Waals surface area contributed by atoms with Gasteiger partial charge in [-0.05, 0) is 45.0 Å². The van der Waals surface area contributed by atoms with Crippen LogP contribution in [0.3, 0.4) is 0 Å². The van der Waals surface area contributed by atoms with Crippen LogP contribution in [0.5, 0.6) is 0 Å². The van der Waals surface area contributed by atoms with E-state index in [1.165, 1.54) is 6.42 Å². The van der Waals surface area contributed by atoms with Gasteiger partial charge in [0.25, 0.3) is 0 Å². The van der Waals surface area contributed by atoms with Crippen LogP contribution in [0.15, 0.2) is 30.3 Å². The molecule has 0 radical (unpaired) electrons. The summed E-state index contributed by atoms with van der Waals surface area (Å²) in [5.41, 5.74) is 3.98. The number of aromatic nitrogens is 2. The average molecular weight is 297 g/mol. The monoisotopic (exact) mass is 297 g/mol. The van der Waals surface area contributed by atoms with Crippen molar-refractivity contribution < 1.29 is 5.11 Å². The fraction of sp³-hybridized carbons (Fsp3) is 0.444. The minimum Gasteiger partial charge on any atom is -0.392 e. The highest BCUT2D eigenvalue weighted by Crippen LogP contribution is 2.26. The second kappa shape index (κ2) is 6.55. The van der Waals surface area contributed by atoms with E-state index < -0.39 is 0 Å². The lowest BCUT2D eigenvalue weighted by Crippen LogP contribution is -2.31. The van der Waals surface area contributed by atoms with Crippen molar-refractivity contribution in [3.8, 4) is 11.3 Å². The van der Waals surface area contributed by atoms with Crippen LogP contribution < -0.4 is 0 Å². The molecule has 0 amide bonds. The minimum atomic E-state index is 0.0722. The van der Waals surface area contributed by atoms with Crippen LogP contribution in [-0.4, -0.2) is 40.1 Å². The Kier molecular flexibility index (Phi) is 4.50. The number of likely N-dealkylation sites (tertiary alicyclic amines) is 1. The zero-order valence-electron chi connectivity index (χ0n) is 13.3. The molecule has 1 atom stereocenters. The number of likely N-dealkylation sites (N-methyl/N-ethyl adjacent to an activating group) is 1. The predicted octanol–water partition coefficient (Wildman–Crippen LogP) is 2.75. The fourth-order valence-electron chi connectivity index (χ4n) is 3.08. The summed E-state index contributed by atoms with van der Waals surface area (Å²) in [6.45, 7) is 4.30. The Morgan fingerprint density at radius 2 is 2.00 bits per heavy atom. The van der Waals surface area contributed by atoms with E-state index in [9.17, 15) is 0 Å². The third kappa shape index (κ3) is 3.34. The van der Waals surface area contributed by atoms with Gasteiger partial charge < -0.3 is 10.0 Å². The van der Waals surface area contributed by atoms with E-state index in [2.05, 4.69) is 16.9 Å². The molecule has 0 saturated carbocycles. The third-order valence-electron chi connectivity index (χ3n) is 4.29. The molecule has 1 saturated heterocycles. The summed E-state index contributed by atoms with van der Waals surface area (Å²) in [6, 6.07) is 9.96. The van der Waals surface area contributed by atoms with E-state index >= 15 is 0 Å². The van der Waals surface area contributed by atoms with Gasteiger partial charge in [-0.3, -0.25) is 0 Å². The summed E-state index contributed by atoms with van der Waals surface area (Å²) < 4.78 is 0. The van der Waals surface area contributed by atoms with Crippen molar-refractivity contribution >= 4 is 0 Å². The van der Waals surface area contributed by atoms with Crippen molar-refractivity contribution in [2.24, 2.45) is 0 Å². The molecule has 1 aliphatic rings. The summed E-state index contributed by atoms with van der Waals surface area (Å²) in [6.07, 6.45) is 2.37. The molecule has 4 heteroatoms. The average Bonchev–Trinajstić information content (AvgIpc) is 2.54. The maximum absolute atomic E-state index is 9.15. The van der Waals surface area contributed by atoms with E-state index in [-0.39, 0.29) is 6.61 Å². The second-order valence-electron chi connectivity index (χ2n) is 6.21. The number of rotatable bonds is 3. The van der Waals surface area contributed by atoms with Gasteiger partial charge in [0.15, 0.2) is 0 Å². The third-order valence-corrected chi connectivity index (χ3v) is 4.29. The molecule has 0 bridgehead atoms. The van der Waals surface area contributed by atoms with E-state index in [4.69, 9.17) is 10.1 Å². The Morgan fingerprint density at radius 3 is 2.68 bits per heavy atom. The van der Waals surface area contributed by atoms with Crippen molar-refractivity contribution in [2.75, 3.05) is 20.1 Å². The molecule has 1 aromatic heterocycles. The second-order valence-corrected chi connectivity index (χ2v) is 6.21. The SMILES string of the molecule is Cc1cc(-c2ccc(CO)cc2)nc(C2CCCN(C)C2)n1. The van der Waals surface area contributed by atoms with Crippen LogP contribution in [0.4, 0.5) is 0 Å². The van der Waals surface area contributed by atoms with Crippen LogP contribution in [0.1, 0.15) is 35.8 Å². The summed E-state index contributed by atoms with van der Waals surface area (Å²) in [4.78, 5) is 11.8. The molecule has 3 rings (SSSR count). The lowest BCUT2D eigenvalue weighted by Gasteiger charge is -2.28. The van der Waals surface area contributed by atoms with Crippen LogP contribution >= 0.6 is 0 Å². The first kappa shape index (κ1) is 15.1. The molecule has 1 N–H and O–H groups in total. The largest absolute Gasteiger partial charge is 0.392 e. The van der Waals surface area contributed by atoms with Crippen molar-refractivity contribution in [3.63, 3.8) is 0 Å². The number of aryl methyl sites for hydroxylation is 1. The summed E-state index contributed by atoms with van der Waals surface area (Å²) in [5.74, 6) is 1.39. The zero-order chi connectivity index (χ0) is 15.5. The van der Waals surface area contributed by atoms with E-state index in [1.54, 1.807) is 0 Å². The normalized spacial score (nSPS) is 19.3. The van der Waals surface area contributed by atoms with Crippen molar-refractivity contribution in [3.05, 3.63) is 47.4 Å². The summed E-state index contributed by atoms with van der Waals surface area (Å²) in [5, 5.41) is 9.15. The molecule has 116 valence electrons. The van der Waals surface area contributed by atoms with Gasteiger partial charge in [0, 0.05) is 23.7 Å². The van der Waals surface area contributed by atoms with Crippen LogP contribution in [-0.2, 0) is 6.61 Å². The Morgan fingerprint density at radius 1 is 1.23 bits per heavy atom. The fourth-order valence-corrected chi connectivity index (χ4v) is 3.08. The van der Waals surface area contributed by atoms with Gasteiger partial charge in [-0.2, -0.15) is 0 Å². The molecular formula is C18H23N3O. The highest BCUT2D eigenvalue weighted by Gasteiger charge is 2.22. The quantitative estimate of drug-likeness (QED) is 0.946. The maximum Gasteiger partial charge on any atom is 0.133 e. The standard InChI is InChI=1S/C18H23N3O/c1-13-10-17(15-7-5-14(12-22)6-8-15)20-18(19-13)16-4-3-9-21(2)11-16/h5-8,10,16,22H,3-4,9,11-12H2,1-2H3. The van der Waals surface area contributed by atoms with E-state index in [0.29, 0.717) is 5.92 Å². The molecule has 1 aromatic carbocycles. The Balaban J connectivity index is 1.91. The minimum absolute atomic E-state index is 0.0722. The van der Waals surface area contributed by atoms with Crippen molar-refractivity contribution in [2.45, 2.75) is 32.3 Å². The molecule has 0 aliphatic carbocycles. The molecule has 4 nitrogen and oxygen atoms in total. The van der Waals surface area contributed by atoms with Crippen LogP contribution in [0.2, 0.25) is 0 Å². The first-order valence-corrected chi connectivity index (χ1v) is 7.90. The van der Waals surface area contributed by atoms with Gasteiger partial charge in [-0.1, -0.05) is 24.3 Å². The van der Waals surface area contributed by atoms with Gasteiger partial charge in [-0.25, -0.2) is 9.97 Å².